The summed E-state index contributed by atoms with van der Waals surface area (Å²) in [5.74, 6) is -0.181. The quantitative estimate of drug-likeness (QED) is 0.648. The van der Waals surface area contributed by atoms with Crippen LogP contribution in [0.25, 0.3) is 0 Å². The molecule has 0 unspecified atom stereocenters. The summed E-state index contributed by atoms with van der Waals surface area (Å²) in [6, 6.07) is 11.7. The van der Waals surface area contributed by atoms with E-state index in [1.165, 1.54) is 24.4 Å². The van der Waals surface area contributed by atoms with E-state index in [0.717, 1.165) is 17.7 Å². The molecule has 0 aromatic heterocycles. The first kappa shape index (κ1) is 15.8. The standard InChI is InChI=1S/C17H14F3NO/c1-12-2-4-13(5-3-12)16(22)10-11-21-15-8-6-14(7-9-15)17(18,19)20/h2-11,21H,1H3. The first-order valence-corrected chi connectivity index (χ1v) is 6.57. The summed E-state index contributed by atoms with van der Waals surface area (Å²) in [4.78, 5) is 11.9. The van der Waals surface area contributed by atoms with Gasteiger partial charge in [0.25, 0.3) is 0 Å². The molecule has 0 heterocycles. The molecule has 2 aromatic rings. The lowest BCUT2D eigenvalue weighted by atomic mass is 10.1. The van der Waals surface area contributed by atoms with Crippen LogP contribution in [0.3, 0.4) is 0 Å². The predicted molar refractivity (Wildman–Crippen MR) is 79.7 cm³/mol. The Morgan fingerprint density at radius 2 is 1.59 bits per heavy atom. The molecule has 2 rings (SSSR count). The zero-order valence-corrected chi connectivity index (χ0v) is 11.8. The molecule has 0 atom stereocenters. The minimum atomic E-state index is -4.35. The Balaban J connectivity index is 1.97. The molecule has 1 N–H and O–H groups in total. The van der Waals surface area contributed by atoms with Crippen molar-refractivity contribution < 1.29 is 18.0 Å². The summed E-state index contributed by atoms with van der Waals surface area (Å²) < 4.78 is 37.2. The smallest absolute Gasteiger partial charge is 0.362 e. The fraction of sp³-hybridized carbons (Fsp3) is 0.118. The van der Waals surface area contributed by atoms with Crippen molar-refractivity contribution in [3.05, 3.63) is 77.5 Å². The number of nitrogens with one attached hydrogen (secondary N) is 1. The molecule has 2 aromatic carbocycles. The minimum Gasteiger partial charge on any atom is -0.362 e. The van der Waals surface area contributed by atoms with Crippen molar-refractivity contribution >= 4 is 11.5 Å². The minimum absolute atomic E-state index is 0.181. The van der Waals surface area contributed by atoms with Gasteiger partial charge in [0, 0.05) is 23.5 Å². The molecule has 0 fully saturated rings. The van der Waals surface area contributed by atoms with Gasteiger partial charge in [-0.1, -0.05) is 29.8 Å². The van der Waals surface area contributed by atoms with Crippen molar-refractivity contribution in [1.29, 1.82) is 0 Å². The van der Waals surface area contributed by atoms with Gasteiger partial charge in [0.15, 0.2) is 5.78 Å². The summed E-state index contributed by atoms with van der Waals surface area (Å²) in [6.07, 6.45) is -1.61. The van der Waals surface area contributed by atoms with Crippen LogP contribution in [0.2, 0.25) is 0 Å². The molecule has 0 aliphatic carbocycles. The second-order valence-electron chi connectivity index (χ2n) is 4.78. The molecule has 114 valence electrons. The van der Waals surface area contributed by atoms with E-state index < -0.39 is 11.7 Å². The van der Waals surface area contributed by atoms with Crippen LogP contribution in [0.4, 0.5) is 18.9 Å². The van der Waals surface area contributed by atoms with Crippen LogP contribution in [0.15, 0.2) is 60.8 Å². The van der Waals surface area contributed by atoms with Crippen LogP contribution in [0.5, 0.6) is 0 Å². The summed E-state index contributed by atoms with van der Waals surface area (Å²) >= 11 is 0. The van der Waals surface area contributed by atoms with E-state index in [4.69, 9.17) is 0 Å². The Hall–Kier alpha value is -2.56. The van der Waals surface area contributed by atoms with Gasteiger partial charge in [-0.2, -0.15) is 13.2 Å². The van der Waals surface area contributed by atoms with Gasteiger partial charge in [-0.25, -0.2) is 0 Å². The van der Waals surface area contributed by atoms with Crippen molar-refractivity contribution in [2.75, 3.05) is 5.32 Å². The molecular formula is C17H14F3NO. The van der Waals surface area contributed by atoms with Crippen molar-refractivity contribution in [1.82, 2.24) is 0 Å². The van der Waals surface area contributed by atoms with E-state index in [2.05, 4.69) is 5.32 Å². The Morgan fingerprint density at radius 1 is 1.00 bits per heavy atom. The van der Waals surface area contributed by atoms with E-state index in [1.54, 1.807) is 12.1 Å². The predicted octanol–water partition coefficient (Wildman–Crippen LogP) is 4.82. The van der Waals surface area contributed by atoms with E-state index in [9.17, 15) is 18.0 Å². The Labute approximate surface area is 126 Å². The van der Waals surface area contributed by atoms with Crippen molar-refractivity contribution in [2.45, 2.75) is 13.1 Å². The highest BCUT2D eigenvalue weighted by molar-refractivity contribution is 6.04. The number of ketones is 1. The lowest BCUT2D eigenvalue weighted by Crippen LogP contribution is -2.04. The van der Waals surface area contributed by atoms with Crippen LogP contribution in [0.1, 0.15) is 21.5 Å². The largest absolute Gasteiger partial charge is 0.416 e. The average Bonchev–Trinajstić information content (AvgIpc) is 2.47. The molecule has 0 spiro atoms. The number of hydrogen-bond acceptors (Lipinski definition) is 2. The first-order chi connectivity index (χ1) is 10.4. The van der Waals surface area contributed by atoms with Crippen LogP contribution in [-0.2, 0) is 6.18 Å². The fourth-order valence-corrected chi connectivity index (χ4v) is 1.78. The molecule has 22 heavy (non-hydrogen) atoms. The lowest BCUT2D eigenvalue weighted by molar-refractivity contribution is -0.137. The highest BCUT2D eigenvalue weighted by Gasteiger charge is 2.29. The van der Waals surface area contributed by atoms with Gasteiger partial charge in [-0.15, -0.1) is 0 Å². The van der Waals surface area contributed by atoms with E-state index >= 15 is 0 Å². The maximum Gasteiger partial charge on any atom is 0.416 e. The number of alkyl halides is 3. The van der Waals surface area contributed by atoms with Gasteiger partial charge < -0.3 is 5.32 Å². The molecule has 0 amide bonds. The van der Waals surface area contributed by atoms with E-state index in [0.29, 0.717) is 11.3 Å². The van der Waals surface area contributed by atoms with Crippen LogP contribution in [0, 0.1) is 6.92 Å². The number of hydrogen-bond donors (Lipinski definition) is 1. The number of carbonyl (C=O) groups excluding carboxylic acids is 1. The van der Waals surface area contributed by atoms with Crippen LogP contribution in [-0.4, -0.2) is 5.78 Å². The molecule has 0 aliphatic rings. The third-order valence-corrected chi connectivity index (χ3v) is 3.03. The van der Waals surface area contributed by atoms with E-state index in [-0.39, 0.29) is 5.78 Å². The van der Waals surface area contributed by atoms with Crippen molar-refractivity contribution in [2.24, 2.45) is 0 Å². The molecule has 0 radical (unpaired) electrons. The van der Waals surface area contributed by atoms with Gasteiger partial charge in [-0.3, -0.25) is 4.79 Å². The molecule has 0 aliphatic heterocycles. The summed E-state index contributed by atoms with van der Waals surface area (Å²) in [6.45, 7) is 1.93. The molecule has 0 saturated heterocycles. The van der Waals surface area contributed by atoms with Crippen LogP contribution >= 0.6 is 0 Å². The SMILES string of the molecule is Cc1ccc(C(=O)C=CNc2ccc(C(F)(F)F)cc2)cc1. The Morgan fingerprint density at radius 3 is 2.14 bits per heavy atom. The number of aryl methyl sites for hydroxylation is 1. The number of anilines is 1. The number of benzene rings is 2. The summed E-state index contributed by atoms with van der Waals surface area (Å²) in [7, 11) is 0. The summed E-state index contributed by atoms with van der Waals surface area (Å²) in [5.41, 5.74) is 1.37. The third kappa shape index (κ3) is 4.22. The zero-order valence-electron chi connectivity index (χ0n) is 11.8. The maximum absolute atomic E-state index is 12.4. The normalized spacial score (nSPS) is 11.6. The second-order valence-corrected chi connectivity index (χ2v) is 4.78. The Kier molecular flexibility index (Phi) is 4.65. The lowest BCUT2D eigenvalue weighted by Gasteiger charge is -2.07. The zero-order chi connectivity index (χ0) is 16.2. The molecule has 0 bridgehead atoms. The van der Waals surface area contributed by atoms with Gasteiger partial charge in [0.1, 0.15) is 0 Å². The van der Waals surface area contributed by atoms with E-state index in [1.807, 2.05) is 19.1 Å². The highest BCUT2D eigenvalue weighted by atomic mass is 19.4. The monoisotopic (exact) mass is 305 g/mol. The second kappa shape index (κ2) is 6.47. The molecular weight excluding hydrogens is 291 g/mol. The van der Waals surface area contributed by atoms with Gasteiger partial charge >= 0.3 is 6.18 Å². The number of halogens is 3. The first-order valence-electron chi connectivity index (χ1n) is 6.57. The molecule has 5 heteroatoms. The van der Waals surface area contributed by atoms with Gasteiger partial charge in [0.05, 0.1) is 5.56 Å². The topological polar surface area (TPSA) is 29.1 Å². The fourth-order valence-electron chi connectivity index (χ4n) is 1.78. The highest BCUT2D eigenvalue weighted by Crippen LogP contribution is 2.29. The third-order valence-electron chi connectivity index (χ3n) is 3.03. The number of allylic oxidation sites excluding steroid dienone is 1. The maximum atomic E-state index is 12.4. The average molecular weight is 305 g/mol. The molecule has 0 saturated carbocycles. The summed E-state index contributed by atoms with van der Waals surface area (Å²) in [5, 5.41) is 2.77. The van der Waals surface area contributed by atoms with Crippen LogP contribution < -0.4 is 5.32 Å². The van der Waals surface area contributed by atoms with Gasteiger partial charge in [0.2, 0.25) is 0 Å². The number of carbonyl (C=O) groups is 1. The van der Waals surface area contributed by atoms with Crippen molar-refractivity contribution in [3.8, 4) is 0 Å². The van der Waals surface area contributed by atoms with Crippen molar-refractivity contribution in [3.63, 3.8) is 0 Å². The van der Waals surface area contributed by atoms with Gasteiger partial charge in [-0.05, 0) is 31.2 Å². The Bertz CT molecular complexity index is 671. The molecule has 2 nitrogen and oxygen atoms in total. The number of rotatable bonds is 4.